The largest absolute Gasteiger partial charge is 0.461 e. The Morgan fingerprint density at radius 3 is 2.62 bits per heavy atom. The van der Waals surface area contributed by atoms with Gasteiger partial charge in [-0.3, -0.25) is 9.59 Å². The van der Waals surface area contributed by atoms with Crippen LogP contribution in [0.1, 0.15) is 44.7 Å². The molecule has 0 saturated carbocycles. The zero-order valence-corrected chi connectivity index (χ0v) is 15.7. The Morgan fingerprint density at radius 2 is 1.92 bits per heavy atom. The van der Waals surface area contributed by atoms with E-state index < -0.39 is 11.0 Å². The van der Waals surface area contributed by atoms with Crippen molar-refractivity contribution in [3.05, 3.63) is 45.8 Å². The summed E-state index contributed by atoms with van der Waals surface area (Å²) >= 11 is 0. The van der Waals surface area contributed by atoms with Gasteiger partial charge in [0.25, 0.3) is 0 Å². The molecule has 0 saturated heterocycles. The first-order valence-corrected chi connectivity index (χ1v) is 8.64. The number of hydrogen-bond donors (Lipinski definition) is 1. The molecule has 0 spiro atoms. The van der Waals surface area contributed by atoms with Crippen LogP contribution in [0.15, 0.2) is 33.5 Å². The molecule has 2 aromatic rings. The molecule has 6 heteroatoms. The van der Waals surface area contributed by atoms with E-state index in [-0.39, 0.29) is 24.9 Å². The molecule has 1 amide bonds. The summed E-state index contributed by atoms with van der Waals surface area (Å²) in [4.78, 5) is 35.3. The van der Waals surface area contributed by atoms with Crippen molar-refractivity contribution in [1.82, 2.24) is 5.32 Å². The molecule has 1 N–H and O–H groups in total. The van der Waals surface area contributed by atoms with Gasteiger partial charge in [-0.25, -0.2) is 4.79 Å². The van der Waals surface area contributed by atoms with E-state index in [0.29, 0.717) is 24.1 Å². The van der Waals surface area contributed by atoms with Gasteiger partial charge < -0.3 is 14.5 Å². The van der Waals surface area contributed by atoms with Crippen LogP contribution in [-0.2, 0) is 20.9 Å². The van der Waals surface area contributed by atoms with Gasteiger partial charge in [0, 0.05) is 35.4 Å². The van der Waals surface area contributed by atoms with E-state index in [1.165, 1.54) is 6.07 Å². The van der Waals surface area contributed by atoms with Crippen molar-refractivity contribution < 1.29 is 18.7 Å². The summed E-state index contributed by atoms with van der Waals surface area (Å²) in [6.45, 7) is 7.84. The zero-order chi connectivity index (χ0) is 19.3. The van der Waals surface area contributed by atoms with Crippen LogP contribution in [0.3, 0.4) is 0 Å². The number of rotatable bonds is 6. The molecule has 0 unspecified atom stereocenters. The summed E-state index contributed by atoms with van der Waals surface area (Å²) in [5.74, 6) is -0.424. The maximum Gasteiger partial charge on any atom is 0.336 e. The van der Waals surface area contributed by atoms with Gasteiger partial charge in [-0.1, -0.05) is 32.9 Å². The lowest BCUT2D eigenvalue weighted by atomic mass is 9.96. The second kappa shape index (κ2) is 8.17. The molecule has 1 aromatic heterocycles. The Kier molecular flexibility index (Phi) is 6.18. The maximum absolute atomic E-state index is 11.9. The lowest BCUT2D eigenvalue weighted by Crippen LogP contribution is -2.35. The third-order valence-electron chi connectivity index (χ3n) is 3.90. The molecule has 2 rings (SSSR count). The monoisotopic (exact) mass is 359 g/mol. The van der Waals surface area contributed by atoms with E-state index in [9.17, 15) is 14.4 Å². The fourth-order valence-corrected chi connectivity index (χ4v) is 2.39. The van der Waals surface area contributed by atoms with Crippen LogP contribution in [0.2, 0.25) is 0 Å². The minimum atomic E-state index is -0.473. The Bertz CT molecular complexity index is 861. The molecule has 0 aliphatic carbocycles. The number of hydrogen-bond acceptors (Lipinski definition) is 5. The molecular formula is C20H25NO5. The highest BCUT2D eigenvalue weighted by Crippen LogP contribution is 2.19. The van der Waals surface area contributed by atoms with Crippen molar-refractivity contribution in [3.8, 4) is 0 Å². The fraction of sp³-hybridized carbons (Fsp3) is 0.450. The fourth-order valence-electron chi connectivity index (χ4n) is 2.39. The quantitative estimate of drug-likeness (QED) is 0.487. The van der Waals surface area contributed by atoms with Gasteiger partial charge in [0.2, 0.25) is 5.91 Å². The first-order chi connectivity index (χ1) is 12.2. The highest BCUT2D eigenvalue weighted by atomic mass is 16.5. The van der Waals surface area contributed by atoms with Crippen molar-refractivity contribution in [2.24, 2.45) is 5.41 Å². The summed E-state index contributed by atoms with van der Waals surface area (Å²) < 4.78 is 10.4. The van der Waals surface area contributed by atoms with E-state index >= 15 is 0 Å². The molecule has 0 atom stereocenters. The van der Waals surface area contributed by atoms with Crippen molar-refractivity contribution >= 4 is 22.8 Å². The van der Waals surface area contributed by atoms with Crippen molar-refractivity contribution in [2.45, 2.75) is 47.1 Å². The topological polar surface area (TPSA) is 85.6 Å². The van der Waals surface area contributed by atoms with Gasteiger partial charge in [0.15, 0.2) is 0 Å². The van der Waals surface area contributed by atoms with Crippen LogP contribution in [0.4, 0.5) is 0 Å². The molecule has 0 fully saturated rings. The van der Waals surface area contributed by atoms with E-state index in [1.54, 1.807) is 6.07 Å². The predicted octanol–water partition coefficient (Wildman–Crippen LogP) is 3.09. The van der Waals surface area contributed by atoms with Crippen LogP contribution in [0, 0.1) is 12.3 Å². The highest BCUT2D eigenvalue weighted by Gasteiger charge is 2.20. The molecule has 0 aliphatic heterocycles. The molecule has 26 heavy (non-hydrogen) atoms. The number of benzene rings is 1. The first-order valence-electron chi connectivity index (χ1n) is 8.64. The van der Waals surface area contributed by atoms with Crippen LogP contribution >= 0.6 is 0 Å². The molecule has 1 heterocycles. The number of nitrogens with one attached hydrogen (secondary N) is 1. The SMILES string of the molecule is Cc1ccc2c(COC(=O)CCCNC(=O)C(C)(C)C)cc(=O)oc2c1. The molecule has 140 valence electrons. The molecule has 0 radical (unpaired) electrons. The zero-order valence-electron chi connectivity index (χ0n) is 15.7. The summed E-state index contributed by atoms with van der Waals surface area (Å²) in [7, 11) is 0. The third-order valence-corrected chi connectivity index (χ3v) is 3.90. The van der Waals surface area contributed by atoms with Crippen molar-refractivity contribution in [2.75, 3.05) is 6.54 Å². The maximum atomic E-state index is 11.9. The standard InChI is InChI=1S/C20H25NO5/c1-13-7-8-15-14(11-18(23)26-16(15)10-13)12-25-17(22)6-5-9-21-19(24)20(2,3)4/h7-8,10-11H,5-6,9,12H2,1-4H3,(H,21,24). The summed E-state index contributed by atoms with van der Waals surface area (Å²) in [6.07, 6.45) is 0.695. The Labute approximate surface area is 152 Å². The first kappa shape index (κ1) is 19.7. The molecule has 0 aliphatic rings. The summed E-state index contributed by atoms with van der Waals surface area (Å²) in [5.41, 5.74) is 1.15. The van der Waals surface area contributed by atoms with Crippen LogP contribution in [0.5, 0.6) is 0 Å². The Balaban J connectivity index is 1.87. The van der Waals surface area contributed by atoms with E-state index in [1.807, 2.05) is 39.8 Å². The average Bonchev–Trinajstić information content (AvgIpc) is 2.54. The summed E-state index contributed by atoms with van der Waals surface area (Å²) in [5, 5.41) is 3.54. The lowest BCUT2D eigenvalue weighted by Gasteiger charge is -2.17. The number of esters is 1. The average molecular weight is 359 g/mol. The number of carbonyl (C=O) groups is 2. The number of aryl methyl sites for hydroxylation is 1. The number of carbonyl (C=O) groups excluding carboxylic acids is 2. The smallest absolute Gasteiger partial charge is 0.336 e. The number of ether oxygens (including phenoxy) is 1. The molecular weight excluding hydrogens is 334 g/mol. The predicted molar refractivity (Wildman–Crippen MR) is 98.7 cm³/mol. The van der Waals surface area contributed by atoms with Crippen LogP contribution < -0.4 is 10.9 Å². The minimum absolute atomic E-state index is 0.0122. The van der Waals surface area contributed by atoms with Crippen LogP contribution in [0.25, 0.3) is 11.0 Å². The minimum Gasteiger partial charge on any atom is -0.461 e. The normalized spacial score (nSPS) is 11.4. The van der Waals surface area contributed by atoms with Gasteiger partial charge in [-0.2, -0.15) is 0 Å². The third kappa shape index (κ3) is 5.44. The second-order valence-electron chi connectivity index (χ2n) is 7.36. The van der Waals surface area contributed by atoms with E-state index in [4.69, 9.17) is 9.15 Å². The van der Waals surface area contributed by atoms with Gasteiger partial charge >= 0.3 is 11.6 Å². The molecule has 1 aromatic carbocycles. The van der Waals surface area contributed by atoms with E-state index in [0.717, 1.165) is 10.9 Å². The van der Waals surface area contributed by atoms with Crippen LogP contribution in [-0.4, -0.2) is 18.4 Å². The van der Waals surface area contributed by atoms with Crippen molar-refractivity contribution in [1.29, 1.82) is 0 Å². The lowest BCUT2D eigenvalue weighted by molar-refractivity contribution is -0.145. The van der Waals surface area contributed by atoms with Gasteiger partial charge in [-0.15, -0.1) is 0 Å². The van der Waals surface area contributed by atoms with Gasteiger partial charge in [0.05, 0.1) is 0 Å². The molecule has 0 bridgehead atoms. The molecule has 6 nitrogen and oxygen atoms in total. The second-order valence-corrected chi connectivity index (χ2v) is 7.36. The number of fused-ring (bicyclic) bond motifs is 1. The van der Waals surface area contributed by atoms with E-state index in [2.05, 4.69) is 5.32 Å². The van der Waals surface area contributed by atoms with Crippen molar-refractivity contribution in [3.63, 3.8) is 0 Å². The van der Waals surface area contributed by atoms with Gasteiger partial charge in [-0.05, 0) is 25.0 Å². The highest BCUT2D eigenvalue weighted by molar-refractivity contribution is 5.82. The summed E-state index contributed by atoms with van der Waals surface area (Å²) in [6, 6.07) is 6.87. The Morgan fingerprint density at radius 1 is 1.19 bits per heavy atom. The number of amides is 1. The Hall–Kier alpha value is -2.63. The van der Waals surface area contributed by atoms with Gasteiger partial charge in [0.1, 0.15) is 12.2 Å².